The van der Waals surface area contributed by atoms with Crippen LogP contribution in [0.2, 0.25) is 0 Å². The number of aryl methyl sites for hydroxylation is 1. The summed E-state index contributed by atoms with van der Waals surface area (Å²) in [6.07, 6.45) is 3.30. The van der Waals surface area contributed by atoms with Gasteiger partial charge in [-0.25, -0.2) is 0 Å². The molecular formula is C15H16BrNO2S. The fourth-order valence-electron chi connectivity index (χ4n) is 1.88. The van der Waals surface area contributed by atoms with Crippen LogP contribution in [0.3, 0.4) is 0 Å². The van der Waals surface area contributed by atoms with Gasteiger partial charge in [0.05, 0.1) is 11.8 Å². The molecule has 0 fully saturated rings. The van der Waals surface area contributed by atoms with Crippen LogP contribution in [0, 0.1) is 0 Å². The summed E-state index contributed by atoms with van der Waals surface area (Å²) in [4.78, 5) is 12.8. The number of thiol groups is 1. The second kappa shape index (κ2) is 6.99. The lowest BCUT2D eigenvalue weighted by Crippen LogP contribution is -2.33. The lowest BCUT2D eigenvalue weighted by molar-refractivity contribution is 0.0935. The van der Waals surface area contributed by atoms with E-state index in [1.54, 1.807) is 12.3 Å². The quantitative estimate of drug-likeness (QED) is 0.795. The highest BCUT2D eigenvalue weighted by Gasteiger charge is 2.13. The van der Waals surface area contributed by atoms with Gasteiger partial charge in [0.2, 0.25) is 0 Å². The van der Waals surface area contributed by atoms with Gasteiger partial charge in [0.25, 0.3) is 5.91 Å². The van der Waals surface area contributed by atoms with E-state index in [2.05, 4.69) is 33.9 Å². The number of carbonyl (C=O) groups excluding carboxylic acids is 1. The van der Waals surface area contributed by atoms with Gasteiger partial charge >= 0.3 is 0 Å². The summed E-state index contributed by atoms with van der Waals surface area (Å²) in [7, 11) is 0. The molecule has 1 heterocycles. The van der Waals surface area contributed by atoms with E-state index in [0.29, 0.717) is 10.5 Å². The minimum atomic E-state index is -0.102. The van der Waals surface area contributed by atoms with Crippen molar-refractivity contribution >= 4 is 34.5 Å². The molecule has 1 N–H and O–H groups in total. The summed E-state index contributed by atoms with van der Waals surface area (Å²) in [6, 6.07) is 9.29. The van der Waals surface area contributed by atoms with E-state index >= 15 is 0 Å². The number of hydrogen-bond donors (Lipinski definition) is 2. The number of halogens is 1. The van der Waals surface area contributed by atoms with Crippen LogP contribution in [0.15, 0.2) is 50.4 Å². The highest BCUT2D eigenvalue weighted by atomic mass is 79.9. The Hall–Kier alpha value is -1.20. The molecule has 0 aliphatic rings. The molecule has 1 amide bonds. The maximum absolute atomic E-state index is 12.1. The van der Waals surface area contributed by atoms with Crippen LogP contribution >= 0.6 is 28.6 Å². The van der Waals surface area contributed by atoms with E-state index < -0.39 is 0 Å². The number of benzene rings is 1. The zero-order valence-electron chi connectivity index (χ0n) is 11.1. The van der Waals surface area contributed by atoms with Gasteiger partial charge in [-0.3, -0.25) is 4.79 Å². The van der Waals surface area contributed by atoms with Crippen LogP contribution in [0.4, 0.5) is 0 Å². The van der Waals surface area contributed by atoms with Crippen LogP contribution < -0.4 is 5.32 Å². The first-order valence-electron chi connectivity index (χ1n) is 6.38. The fourth-order valence-corrected chi connectivity index (χ4v) is 2.74. The monoisotopic (exact) mass is 353 g/mol. The predicted octanol–water partition coefficient (Wildman–Crippen LogP) is 4.08. The van der Waals surface area contributed by atoms with Crippen LogP contribution in [-0.2, 0) is 6.42 Å². The Kier molecular flexibility index (Phi) is 5.31. The van der Waals surface area contributed by atoms with Crippen molar-refractivity contribution in [1.82, 2.24) is 5.32 Å². The van der Waals surface area contributed by atoms with E-state index in [1.807, 2.05) is 31.2 Å². The van der Waals surface area contributed by atoms with E-state index in [-0.39, 0.29) is 11.9 Å². The van der Waals surface area contributed by atoms with Gasteiger partial charge in [-0.1, -0.05) is 15.9 Å². The Labute approximate surface area is 132 Å². The molecule has 0 spiro atoms. The third-order valence-corrected chi connectivity index (χ3v) is 3.85. The first kappa shape index (κ1) is 15.2. The van der Waals surface area contributed by atoms with Gasteiger partial charge in [-0.15, -0.1) is 12.6 Å². The molecule has 1 unspecified atom stereocenters. The lowest BCUT2D eigenvalue weighted by Gasteiger charge is -2.14. The molecule has 2 rings (SSSR count). The minimum absolute atomic E-state index is 0.0731. The van der Waals surface area contributed by atoms with Crippen molar-refractivity contribution in [3.05, 3.63) is 52.4 Å². The summed E-state index contributed by atoms with van der Waals surface area (Å²) in [6.45, 7) is 1.98. The molecule has 106 valence electrons. The zero-order chi connectivity index (χ0) is 14.5. The van der Waals surface area contributed by atoms with Crippen molar-refractivity contribution < 1.29 is 9.21 Å². The number of hydrogen-bond acceptors (Lipinski definition) is 3. The van der Waals surface area contributed by atoms with Crippen LogP contribution in [0.1, 0.15) is 29.5 Å². The Morgan fingerprint density at radius 2 is 2.25 bits per heavy atom. The van der Waals surface area contributed by atoms with E-state index in [9.17, 15) is 4.79 Å². The van der Waals surface area contributed by atoms with Crippen molar-refractivity contribution in [3.8, 4) is 0 Å². The average molecular weight is 354 g/mol. The number of nitrogens with one attached hydrogen (secondary N) is 1. The summed E-state index contributed by atoms with van der Waals surface area (Å²) < 4.78 is 6.18. The molecule has 1 atom stereocenters. The van der Waals surface area contributed by atoms with Crippen molar-refractivity contribution in [3.63, 3.8) is 0 Å². The second-order valence-corrected chi connectivity index (χ2v) is 6.05. The molecule has 1 aromatic carbocycles. The Bertz CT molecular complexity index is 584. The van der Waals surface area contributed by atoms with Crippen LogP contribution in [-0.4, -0.2) is 11.9 Å². The maximum Gasteiger partial charge on any atom is 0.252 e. The van der Waals surface area contributed by atoms with Crippen molar-refractivity contribution in [2.45, 2.75) is 30.7 Å². The Balaban J connectivity index is 1.90. The minimum Gasteiger partial charge on any atom is -0.469 e. The highest BCUT2D eigenvalue weighted by molar-refractivity contribution is 9.10. The van der Waals surface area contributed by atoms with Gasteiger partial charge in [0, 0.05) is 21.8 Å². The highest BCUT2D eigenvalue weighted by Crippen LogP contribution is 2.20. The van der Waals surface area contributed by atoms with E-state index in [4.69, 9.17) is 4.42 Å². The first-order chi connectivity index (χ1) is 9.56. The van der Waals surface area contributed by atoms with Gasteiger partial charge in [0.1, 0.15) is 5.76 Å². The van der Waals surface area contributed by atoms with Gasteiger partial charge in [0.15, 0.2) is 0 Å². The number of rotatable bonds is 5. The molecule has 0 saturated carbocycles. The van der Waals surface area contributed by atoms with Gasteiger partial charge in [-0.05, 0) is 43.7 Å². The zero-order valence-corrected chi connectivity index (χ0v) is 13.6. The molecule has 20 heavy (non-hydrogen) atoms. The summed E-state index contributed by atoms with van der Waals surface area (Å²) in [5.41, 5.74) is 0.585. The Morgan fingerprint density at radius 1 is 1.45 bits per heavy atom. The van der Waals surface area contributed by atoms with Gasteiger partial charge in [-0.2, -0.15) is 0 Å². The number of amides is 1. The second-order valence-electron chi connectivity index (χ2n) is 4.65. The van der Waals surface area contributed by atoms with Crippen molar-refractivity contribution in [2.24, 2.45) is 0 Å². The standard InChI is InChI=1S/C15H16BrNO2S/c1-10(4-6-12-3-2-8-19-12)17-15(18)13-7-5-11(16)9-14(13)20/h2-3,5,7-10,20H,4,6H2,1H3,(H,17,18). The molecular weight excluding hydrogens is 338 g/mol. The number of carbonyl (C=O) groups is 1. The first-order valence-corrected chi connectivity index (χ1v) is 7.62. The van der Waals surface area contributed by atoms with Crippen molar-refractivity contribution in [1.29, 1.82) is 0 Å². The van der Waals surface area contributed by atoms with Crippen molar-refractivity contribution in [2.75, 3.05) is 0 Å². The average Bonchev–Trinajstić information content (AvgIpc) is 2.89. The largest absolute Gasteiger partial charge is 0.469 e. The fraction of sp³-hybridized carbons (Fsp3) is 0.267. The molecule has 5 heteroatoms. The molecule has 2 aromatic rings. The molecule has 1 aromatic heterocycles. The smallest absolute Gasteiger partial charge is 0.252 e. The van der Waals surface area contributed by atoms with Crippen LogP contribution in [0.25, 0.3) is 0 Å². The maximum atomic E-state index is 12.1. The molecule has 0 radical (unpaired) electrons. The summed E-state index contributed by atoms with van der Waals surface area (Å²) >= 11 is 7.68. The van der Waals surface area contributed by atoms with E-state index in [0.717, 1.165) is 23.1 Å². The van der Waals surface area contributed by atoms with Gasteiger partial charge < -0.3 is 9.73 Å². The lowest BCUT2D eigenvalue weighted by atomic mass is 10.1. The third kappa shape index (κ3) is 4.15. The normalized spacial score (nSPS) is 12.2. The topological polar surface area (TPSA) is 42.2 Å². The molecule has 0 saturated heterocycles. The molecule has 0 aliphatic carbocycles. The third-order valence-electron chi connectivity index (χ3n) is 2.99. The molecule has 0 aliphatic heterocycles. The summed E-state index contributed by atoms with van der Waals surface area (Å²) in [5.74, 6) is 0.832. The SMILES string of the molecule is CC(CCc1ccco1)NC(=O)c1ccc(Br)cc1S. The molecule has 3 nitrogen and oxygen atoms in total. The Morgan fingerprint density at radius 3 is 2.90 bits per heavy atom. The van der Waals surface area contributed by atoms with Crippen LogP contribution in [0.5, 0.6) is 0 Å². The summed E-state index contributed by atoms with van der Waals surface area (Å²) in [5, 5.41) is 2.97. The number of furan rings is 1. The molecule has 0 bridgehead atoms. The van der Waals surface area contributed by atoms with E-state index in [1.165, 1.54) is 0 Å². The predicted molar refractivity (Wildman–Crippen MR) is 85.4 cm³/mol.